The average molecular weight is 274 g/mol. The second-order valence-electron chi connectivity index (χ2n) is 6.19. The van der Waals surface area contributed by atoms with Crippen LogP contribution in [0.4, 0.5) is 0 Å². The number of nitrogens with zero attached hydrogens (tertiary/aromatic N) is 1. The van der Waals surface area contributed by atoms with Gasteiger partial charge in [-0.05, 0) is 61.5 Å². The van der Waals surface area contributed by atoms with Crippen LogP contribution >= 0.6 is 12.2 Å². The molecule has 0 radical (unpaired) electrons. The summed E-state index contributed by atoms with van der Waals surface area (Å²) >= 11 is 5.50. The van der Waals surface area contributed by atoms with E-state index in [2.05, 4.69) is 41.6 Å². The third kappa shape index (κ3) is 2.62. The van der Waals surface area contributed by atoms with Crippen LogP contribution in [0.2, 0.25) is 0 Å². The van der Waals surface area contributed by atoms with Crippen molar-refractivity contribution >= 4 is 23.3 Å². The molecule has 1 fully saturated rings. The molecule has 3 heteroatoms. The monoisotopic (exact) mass is 274 g/mol. The topological polar surface area (TPSA) is 20.7 Å². The fourth-order valence-electron chi connectivity index (χ4n) is 3.21. The Bertz CT molecular complexity index is 630. The van der Waals surface area contributed by atoms with Gasteiger partial charge in [-0.2, -0.15) is 0 Å². The SMILES string of the molecule is Cc1ccc2[nH]c(=S)n(CC3CCC(C)CC3)c2c1. The lowest BCUT2D eigenvalue weighted by atomic mass is 9.83. The molecule has 2 aromatic rings. The Hall–Kier alpha value is -1.09. The molecule has 0 unspecified atom stereocenters. The maximum atomic E-state index is 5.50. The van der Waals surface area contributed by atoms with Crippen LogP contribution in [0.5, 0.6) is 0 Å². The van der Waals surface area contributed by atoms with Gasteiger partial charge in [-0.1, -0.05) is 25.8 Å². The maximum absolute atomic E-state index is 5.50. The molecule has 102 valence electrons. The lowest BCUT2D eigenvalue weighted by Crippen LogP contribution is -2.17. The Kier molecular flexibility index (Phi) is 3.48. The Labute approximate surface area is 119 Å². The third-order valence-electron chi connectivity index (χ3n) is 4.51. The summed E-state index contributed by atoms with van der Waals surface area (Å²) in [6.07, 6.45) is 5.45. The highest BCUT2D eigenvalue weighted by Crippen LogP contribution is 2.30. The van der Waals surface area contributed by atoms with E-state index >= 15 is 0 Å². The van der Waals surface area contributed by atoms with Crippen molar-refractivity contribution in [2.24, 2.45) is 11.8 Å². The number of imidazole rings is 1. The molecule has 1 saturated carbocycles. The molecule has 0 saturated heterocycles. The molecule has 1 aromatic carbocycles. The Morgan fingerprint density at radius 2 is 2.00 bits per heavy atom. The summed E-state index contributed by atoms with van der Waals surface area (Å²) in [4.78, 5) is 3.33. The highest BCUT2D eigenvalue weighted by molar-refractivity contribution is 7.71. The number of hydrogen-bond acceptors (Lipinski definition) is 1. The molecule has 0 spiro atoms. The van der Waals surface area contributed by atoms with Gasteiger partial charge in [0.25, 0.3) is 0 Å². The normalized spacial score (nSPS) is 23.9. The minimum absolute atomic E-state index is 0.794. The van der Waals surface area contributed by atoms with E-state index < -0.39 is 0 Å². The molecule has 0 atom stereocenters. The van der Waals surface area contributed by atoms with Crippen molar-refractivity contribution in [1.82, 2.24) is 9.55 Å². The maximum Gasteiger partial charge on any atom is 0.178 e. The molecule has 1 aliphatic carbocycles. The van der Waals surface area contributed by atoms with Crippen LogP contribution < -0.4 is 0 Å². The number of hydrogen-bond donors (Lipinski definition) is 1. The number of aromatic amines is 1. The van der Waals surface area contributed by atoms with Crippen molar-refractivity contribution in [3.05, 3.63) is 28.5 Å². The minimum Gasteiger partial charge on any atom is -0.331 e. The summed E-state index contributed by atoms with van der Waals surface area (Å²) in [5.41, 5.74) is 3.73. The van der Waals surface area contributed by atoms with Crippen LogP contribution in [0, 0.1) is 23.5 Å². The van der Waals surface area contributed by atoms with Crippen LogP contribution in [0.25, 0.3) is 11.0 Å². The predicted octanol–water partition coefficient (Wildman–Crippen LogP) is 4.83. The summed E-state index contributed by atoms with van der Waals surface area (Å²) in [7, 11) is 0. The van der Waals surface area contributed by atoms with E-state index in [1.807, 2.05) is 0 Å². The molecule has 1 heterocycles. The first kappa shape index (κ1) is 12.9. The van der Waals surface area contributed by atoms with Gasteiger partial charge < -0.3 is 9.55 Å². The summed E-state index contributed by atoms with van der Waals surface area (Å²) in [5.74, 6) is 1.71. The minimum atomic E-state index is 0.794. The second kappa shape index (κ2) is 5.12. The average Bonchev–Trinajstić information content (AvgIpc) is 2.69. The molecule has 0 amide bonds. The lowest BCUT2D eigenvalue weighted by molar-refractivity contribution is 0.266. The van der Waals surface area contributed by atoms with Crippen LogP contribution in [-0.4, -0.2) is 9.55 Å². The number of aryl methyl sites for hydroxylation is 1. The van der Waals surface area contributed by atoms with Gasteiger partial charge in [0.15, 0.2) is 4.77 Å². The van der Waals surface area contributed by atoms with Crippen molar-refractivity contribution in [2.45, 2.75) is 46.1 Å². The number of H-pyrrole nitrogens is 1. The van der Waals surface area contributed by atoms with Crippen molar-refractivity contribution < 1.29 is 0 Å². The van der Waals surface area contributed by atoms with E-state index in [0.29, 0.717) is 0 Å². The highest BCUT2D eigenvalue weighted by Gasteiger charge is 2.19. The smallest absolute Gasteiger partial charge is 0.178 e. The summed E-state index contributed by atoms with van der Waals surface area (Å²) in [6.45, 7) is 5.59. The molecule has 0 bridgehead atoms. The zero-order valence-electron chi connectivity index (χ0n) is 11.8. The van der Waals surface area contributed by atoms with Crippen molar-refractivity contribution in [3.63, 3.8) is 0 Å². The largest absolute Gasteiger partial charge is 0.331 e. The number of fused-ring (bicyclic) bond motifs is 1. The standard InChI is InChI=1S/C16H22N2S/c1-11-3-6-13(7-4-11)10-18-15-9-12(2)5-8-14(15)17-16(18)19/h5,8-9,11,13H,3-4,6-7,10H2,1-2H3,(H,17,19). The Morgan fingerprint density at radius 3 is 2.74 bits per heavy atom. The van der Waals surface area contributed by atoms with E-state index in [0.717, 1.165) is 23.2 Å². The molecule has 1 aromatic heterocycles. The zero-order chi connectivity index (χ0) is 13.4. The van der Waals surface area contributed by atoms with Gasteiger partial charge >= 0.3 is 0 Å². The van der Waals surface area contributed by atoms with E-state index in [1.165, 1.54) is 42.3 Å². The van der Waals surface area contributed by atoms with Gasteiger partial charge in [-0.3, -0.25) is 0 Å². The first-order valence-corrected chi connectivity index (χ1v) is 7.73. The zero-order valence-corrected chi connectivity index (χ0v) is 12.6. The first-order chi connectivity index (χ1) is 9.13. The molecule has 2 nitrogen and oxygen atoms in total. The number of benzene rings is 1. The van der Waals surface area contributed by atoms with Gasteiger partial charge in [0.05, 0.1) is 11.0 Å². The van der Waals surface area contributed by atoms with Crippen LogP contribution in [0.1, 0.15) is 38.2 Å². The lowest BCUT2D eigenvalue weighted by Gasteiger charge is -2.26. The van der Waals surface area contributed by atoms with E-state index in [9.17, 15) is 0 Å². The van der Waals surface area contributed by atoms with Crippen molar-refractivity contribution in [3.8, 4) is 0 Å². The predicted molar refractivity (Wildman–Crippen MR) is 83.0 cm³/mol. The highest BCUT2D eigenvalue weighted by atomic mass is 32.1. The van der Waals surface area contributed by atoms with Crippen LogP contribution in [-0.2, 0) is 6.54 Å². The van der Waals surface area contributed by atoms with E-state index in [1.54, 1.807) is 0 Å². The van der Waals surface area contributed by atoms with E-state index in [-0.39, 0.29) is 0 Å². The van der Waals surface area contributed by atoms with Gasteiger partial charge in [0.1, 0.15) is 0 Å². The molecule has 0 aliphatic heterocycles. The summed E-state index contributed by atoms with van der Waals surface area (Å²) in [5, 5.41) is 0. The molecular weight excluding hydrogens is 252 g/mol. The van der Waals surface area contributed by atoms with Gasteiger partial charge in [-0.25, -0.2) is 0 Å². The number of nitrogens with one attached hydrogen (secondary N) is 1. The quantitative estimate of drug-likeness (QED) is 0.778. The fourth-order valence-corrected chi connectivity index (χ4v) is 3.50. The third-order valence-corrected chi connectivity index (χ3v) is 4.83. The van der Waals surface area contributed by atoms with Gasteiger partial charge in [0.2, 0.25) is 0 Å². The van der Waals surface area contributed by atoms with Gasteiger partial charge in [0, 0.05) is 6.54 Å². The molecule has 1 N–H and O–H groups in total. The second-order valence-corrected chi connectivity index (χ2v) is 6.57. The van der Waals surface area contributed by atoms with Crippen molar-refractivity contribution in [2.75, 3.05) is 0 Å². The Balaban J connectivity index is 1.90. The Morgan fingerprint density at radius 1 is 1.26 bits per heavy atom. The van der Waals surface area contributed by atoms with Crippen LogP contribution in [0.15, 0.2) is 18.2 Å². The molecule has 19 heavy (non-hydrogen) atoms. The molecule has 1 aliphatic rings. The number of aromatic nitrogens is 2. The summed E-state index contributed by atoms with van der Waals surface area (Å²) in [6, 6.07) is 6.52. The first-order valence-electron chi connectivity index (χ1n) is 7.32. The van der Waals surface area contributed by atoms with E-state index in [4.69, 9.17) is 12.2 Å². The van der Waals surface area contributed by atoms with Gasteiger partial charge in [-0.15, -0.1) is 0 Å². The summed E-state index contributed by atoms with van der Waals surface area (Å²) < 4.78 is 3.18. The molecular formula is C16H22N2S. The number of rotatable bonds is 2. The van der Waals surface area contributed by atoms with Crippen molar-refractivity contribution in [1.29, 1.82) is 0 Å². The molecule has 3 rings (SSSR count). The van der Waals surface area contributed by atoms with Crippen LogP contribution in [0.3, 0.4) is 0 Å². The fraction of sp³-hybridized carbons (Fsp3) is 0.562.